The second-order valence-electron chi connectivity index (χ2n) is 11.2. The third-order valence-corrected chi connectivity index (χ3v) is 8.69. The van der Waals surface area contributed by atoms with Crippen LogP contribution in [-0.2, 0) is 4.57 Å². The Labute approximate surface area is 212 Å². The van der Waals surface area contributed by atoms with Crippen LogP contribution < -0.4 is 15.9 Å². The molecule has 1 aliphatic heterocycles. The molecule has 0 bridgehead atoms. The molecule has 4 heterocycles. The van der Waals surface area contributed by atoms with E-state index in [2.05, 4.69) is 53.3 Å². The second-order valence-corrected chi connectivity index (χ2v) is 14.3. The number of hydrogen-bond donors (Lipinski definition) is 3. The second kappa shape index (κ2) is 8.76. The molecule has 8 nitrogen and oxygen atoms in total. The van der Waals surface area contributed by atoms with Crippen molar-refractivity contribution in [1.82, 2.24) is 24.9 Å². The highest BCUT2D eigenvalue weighted by molar-refractivity contribution is 7.71. The lowest BCUT2D eigenvalue weighted by Gasteiger charge is -2.36. The lowest BCUT2D eigenvalue weighted by Crippen LogP contribution is -2.50. The average molecular weight is 504 g/mol. The first-order valence-corrected chi connectivity index (χ1v) is 15.1. The van der Waals surface area contributed by atoms with Crippen molar-refractivity contribution >= 4 is 40.5 Å². The topological polar surface area (TPSA) is 91.5 Å². The Kier molecular flexibility index (Phi) is 5.97. The molecule has 1 aliphatic rings. The molecule has 1 fully saturated rings. The minimum Gasteiger partial charge on any atom is -0.366 e. The van der Waals surface area contributed by atoms with E-state index in [0.717, 1.165) is 58.6 Å². The average Bonchev–Trinajstić information content (AvgIpc) is 3.43. The third-order valence-electron chi connectivity index (χ3n) is 7.16. The molecule has 0 radical (unpaired) electrons. The van der Waals surface area contributed by atoms with Gasteiger partial charge in [-0.2, -0.15) is 9.61 Å². The lowest BCUT2D eigenvalue weighted by molar-refractivity contribution is 0.289. The fourth-order valence-electron chi connectivity index (χ4n) is 5.11. The van der Waals surface area contributed by atoms with Crippen molar-refractivity contribution in [3.8, 4) is 11.3 Å². The van der Waals surface area contributed by atoms with Crippen molar-refractivity contribution in [2.24, 2.45) is 0 Å². The van der Waals surface area contributed by atoms with Gasteiger partial charge >= 0.3 is 0 Å². The highest BCUT2D eigenvalue weighted by atomic mass is 31.2. The lowest BCUT2D eigenvalue weighted by atomic mass is 9.91. The fourth-order valence-corrected chi connectivity index (χ4v) is 6.51. The van der Waals surface area contributed by atoms with Crippen LogP contribution in [0.1, 0.15) is 52.0 Å². The summed E-state index contributed by atoms with van der Waals surface area (Å²) in [6, 6.07) is 6.03. The van der Waals surface area contributed by atoms with E-state index in [1.54, 1.807) is 19.4 Å². The van der Waals surface area contributed by atoms with Gasteiger partial charge in [0.25, 0.3) is 0 Å². The molecule has 0 amide bonds. The minimum absolute atomic E-state index is 0.150. The number of H-pyrrole nitrogens is 1. The predicted octanol–water partition coefficient (Wildman–Crippen LogP) is 5.74. The molecule has 1 aromatic carbocycles. The Morgan fingerprint density at radius 3 is 2.72 bits per heavy atom. The number of fused-ring (bicyclic) bond motifs is 2. The van der Waals surface area contributed by atoms with Crippen LogP contribution in [0.3, 0.4) is 0 Å². The molecule has 0 spiro atoms. The van der Waals surface area contributed by atoms with E-state index in [1.807, 2.05) is 29.0 Å². The van der Waals surface area contributed by atoms with Gasteiger partial charge in [-0.25, -0.2) is 9.83 Å². The van der Waals surface area contributed by atoms with Crippen molar-refractivity contribution < 1.29 is 4.57 Å². The fraction of sp³-hybridized carbons (Fsp3) is 0.444. The Bertz CT molecular complexity index is 1540. The van der Waals surface area contributed by atoms with Crippen molar-refractivity contribution in [2.45, 2.75) is 58.0 Å². The van der Waals surface area contributed by atoms with Crippen LogP contribution in [0, 0.1) is 6.57 Å². The van der Waals surface area contributed by atoms with Crippen LogP contribution in [-0.4, -0.2) is 51.0 Å². The molecule has 0 aliphatic carbocycles. The smallest absolute Gasteiger partial charge is 0.199 e. The molecule has 188 valence electrons. The van der Waals surface area contributed by atoms with Crippen LogP contribution in [0.15, 0.2) is 30.6 Å². The van der Waals surface area contributed by atoms with Crippen molar-refractivity contribution in [1.29, 1.82) is 0 Å². The summed E-state index contributed by atoms with van der Waals surface area (Å²) in [5.74, 6) is 1.18. The van der Waals surface area contributed by atoms with Crippen molar-refractivity contribution in [3.63, 3.8) is 0 Å². The Balaban J connectivity index is 1.67. The molecular formula is C27H34N7OP. The van der Waals surface area contributed by atoms with E-state index in [9.17, 15) is 4.57 Å². The predicted molar refractivity (Wildman–Crippen MR) is 148 cm³/mol. The summed E-state index contributed by atoms with van der Waals surface area (Å²) in [7, 11) is -2.69. The molecule has 36 heavy (non-hydrogen) atoms. The van der Waals surface area contributed by atoms with Crippen LogP contribution in [0.4, 0.5) is 11.5 Å². The molecule has 3 aromatic heterocycles. The summed E-state index contributed by atoms with van der Waals surface area (Å²) in [5.41, 5.74) is 4.98. The van der Waals surface area contributed by atoms with Gasteiger partial charge in [0.05, 0.1) is 18.5 Å². The van der Waals surface area contributed by atoms with Crippen LogP contribution in [0.2, 0.25) is 0 Å². The first-order chi connectivity index (χ1) is 17.0. The molecule has 1 saturated heterocycles. The zero-order valence-corrected chi connectivity index (χ0v) is 22.7. The summed E-state index contributed by atoms with van der Waals surface area (Å²) in [6.07, 6.45) is 5.97. The molecule has 4 aromatic rings. The van der Waals surface area contributed by atoms with Crippen molar-refractivity contribution in [3.05, 3.63) is 47.6 Å². The number of benzene rings is 1. The number of rotatable bonds is 5. The highest BCUT2D eigenvalue weighted by Gasteiger charge is 2.27. The number of piperidine rings is 1. The standard InChI is InChI=1S/C27H34N7OP/c1-16(2)19-15-31-34-23(32-17-10-11-27(3,4)30-13-17)12-22(33-26(19)34)20-14-29-24-18(20)8-9-21(28-5)25(24)36(6,7)35/h8-9,12,14-17,29-30,32H,10-11,13H2,1-4,6-7H3. The van der Waals surface area contributed by atoms with Gasteiger partial charge in [-0.15, -0.1) is 0 Å². The van der Waals surface area contributed by atoms with E-state index in [1.165, 1.54) is 0 Å². The molecule has 5 rings (SSSR count). The number of nitrogens with one attached hydrogen (secondary N) is 3. The van der Waals surface area contributed by atoms with Gasteiger partial charge in [0.1, 0.15) is 13.0 Å². The maximum Gasteiger partial charge on any atom is 0.199 e. The Morgan fingerprint density at radius 2 is 2.08 bits per heavy atom. The van der Waals surface area contributed by atoms with Crippen LogP contribution >= 0.6 is 7.14 Å². The van der Waals surface area contributed by atoms with Gasteiger partial charge in [0, 0.05) is 57.7 Å². The van der Waals surface area contributed by atoms with Gasteiger partial charge in [-0.3, -0.25) is 0 Å². The minimum atomic E-state index is -2.69. The van der Waals surface area contributed by atoms with E-state index >= 15 is 0 Å². The maximum absolute atomic E-state index is 13.1. The summed E-state index contributed by atoms with van der Waals surface area (Å²) in [6.45, 7) is 20.7. The number of aromatic amines is 1. The van der Waals surface area contributed by atoms with E-state index in [0.29, 0.717) is 11.0 Å². The van der Waals surface area contributed by atoms with Gasteiger partial charge in [0.2, 0.25) is 0 Å². The Hall–Kier alpha value is -3.14. The van der Waals surface area contributed by atoms with Crippen molar-refractivity contribution in [2.75, 3.05) is 25.2 Å². The normalized spacial score (nSPS) is 18.1. The summed E-state index contributed by atoms with van der Waals surface area (Å²) >= 11 is 0. The van der Waals surface area contributed by atoms with Gasteiger partial charge < -0.3 is 20.2 Å². The van der Waals surface area contributed by atoms with E-state index in [4.69, 9.17) is 11.6 Å². The zero-order valence-electron chi connectivity index (χ0n) is 21.8. The van der Waals surface area contributed by atoms with Gasteiger partial charge in [0.15, 0.2) is 11.3 Å². The highest BCUT2D eigenvalue weighted by Crippen LogP contribution is 2.43. The van der Waals surface area contributed by atoms with Gasteiger partial charge in [-0.1, -0.05) is 26.0 Å². The quantitative estimate of drug-likeness (QED) is 0.239. The van der Waals surface area contributed by atoms with Crippen LogP contribution in [0.5, 0.6) is 0 Å². The summed E-state index contributed by atoms with van der Waals surface area (Å²) in [4.78, 5) is 12.0. The number of hydrogen-bond acceptors (Lipinski definition) is 5. The first-order valence-electron chi connectivity index (χ1n) is 12.5. The molecule has 3 N–H and O–H groups in total. The maximum atomic E-state index is 13.1. The molecule has 9 heteroatoms. The molecular weight excluding hydrogens is 469 g/mol. The molecule has 0 saturated carbocycles. The largest absolute Gasteiger partial charge is 0.366 e. The molecule has 1 atom stereocenters. The van der Waals surface area contributed by atoms with Gasteiger partial charge in [-0.05, 0) is 45.9 Å². The summed E-state index contributed by atoms with van der Waals surface area (Å²) < 4.78 is 15.0. The zero-order chi connectivity index (χ0) is 25.8. The SMILES string of the molecule is [C-]#[N+]c1ccc2c(-c3cc(NC4CCC(C)(C)NC4)n4ncc(C(C)C)c4n3)c[nH]c2c1P(C)(C)=O. The number of aromatic nitrogens is 4. The monoisotopic (exact) mass is 503 g/mol. The number of anilines is 1. The molecule has 1 unspecified atom stereocenters. The van der Waals surface area contributed by atoms with Crippen LogP contribution in [0.25, 0.3) is 32.7 Å². The Morgan fingerprint density at radius 1 is 1.31 bits per heavy atom. The van der Waals surface area contributed by atoms with E-state index < -0.39 is 7.14 Å². The summed E-state index contributed by atoms with van der Waals surface area (Å²) in [5, 5.41) is 13.6. The third kappa shape index (κ3) is 4.31. The number of nitrogens with zero attached hydrogens (tertiary/aromatic N) is 4. The first kappa shape index (κ1) is 24.5. The van der Waals surface area contributed by atoms with E-state index in [-0.39, 0.29) is 17.5 Å².